The van der Waals surface area contributed by atoms with Crippen molar-refractivity contribution in [3.05, 3.63) is 35.9 Å². The molecule has 3 aliphatic rings. The second-order valence-electron chi connectivity index (χ2n) is 15.6. The Kier molecular flexibility index (Phi) is 20.5. The van der Waals surface area contributed by atoms with Gasteiger partial charge in [-0.05, 0) is 5.56 Å². The minimum atomic E-state index is -1.92. The second-order valence-corrected chi connectivity index (χ2v) is 15.6. The molecular weight excluding hydrogens is 914 g/mol. The van der Waals surface area contributed by atoms with Gasteiger partial charge in [0.1, 0.15) is 49.8 Å². The first kappa shape index (κ1) is 54.8. The van der Waals surface area contributed by atoms with Gasteiger partial charge in [-0.3, -0.25) is 43.2 Å². The summed E-state index contributed by atoms with van der Waals surface area (Å²) < 4.78 is 80.5. The Morgan fingerprint density at radius 2 is 0.882 bits per heavy atom. The van der Waals surface area contributed by atoms with E-state index in [4.69, 9.17) is 66.3 Å². The lowest BCUT2D eigenvalue weighted by Crippen LogP contribution is -2.69. The molecule has 0 bridgehead atoms. The molecule has 4 rings (SSSR count). The quantitative estimate of drug-likeness (QED) is 0.129. The van der Waals surface area contributed by atoms with Crippen molar-refractivity contribution in [3.63, 3.8) is 0 Å². The minimum absolute atomic E-state index is 0.156. The molecule has 0 aliphatic carbocycles. The van der Waals surface area contributed by atoms with Crippen LogP contribution in [0.5, 0.6) is 0 Å². The molecule has 1 aromatic carbocycles. The van der Waals surface area contributed by atoms with Gasteiger partial charge in [-0.25, -0.2) is 0 Å². The fraction of sp³-hybridized carbons (Fsp3) is 0.651. The second kappa shape index (κ2) is 25.5. The first-order valence-electron chi connectivity index (χ1n) is 21.2. The topological polar surface area (TPSA) is 315 Å². The van der Waals surface area contributed by atoms with Crippen LogP contribution in [0.3, 0.4) is 0 Å². The van der Waals surface area contributed by atoms with Crippen LogP contribution in [0.1, 0.15) is 67.9 Å². The number of nitrogens with one attached hydrogen (secondary N) is 1. The summed E-state index contributed by atoms with van der Waals surface area (Å²) >= 11 is 0. The van der Waals surface area contributed by atoms with Crippen molar-refractivity contribution in [3.8, 4) is 0 Å². The molecule has 3 heterocycles. The van der Waals surface area contributed by atoms with E-state index in [0.717, 1.165) is 62.3 Å². The maximum Gasteiger partial charge on any atom is 0.303 e. The van der Waals surface area contributed by atoms with Gasteiger partial charge < -0.3 is 76.7 Å². The number of benzene rings is 1. The number of amides is 1. The monoisotopic (exact) mass is 971 g/mol. The molecule has 25 heteroatoms. The fourth-order valence-electron chi connectivity index (χ4n) is 7.47. The van der Waals surface area contributed by atoms with Crippen molar-refractivity contribution in [1.82, 2.24) is 5.32 Å². The fourth-order valence-corrected chi connectivity index (χ4v) is 7.47. The molecular formula is C43H57NO24. The molecule has 68 heavy (non-hydrogen) atoms. The lowest BCUT2D eigenvalue weighted by atomic mass is 9.94. The van der Waals surface area contributed by atoms with Crippen LogP contribution in [-0.2, 0) is 116 Å². The van der Waals surface area contributed by atoms with Crippen LogP contribution in [-0.4, -0.2) is 171 Å². The Morgan fingerprint density at radius 3 is 1.32 bits per heavy atom. The van der Waals surface area contributed by atoms with Gasteiger partial charge in [-0.15, -0.1) is 0 Å². The summed E-state index contributed by atoms with van der Waals surface area (Å²) in [6, 6.07) is 7.21. The van der Waals surface area contributed by atoms with E-state index in [1.54, 1.807) is 30.3 Å². The lowest BCUT2D eigenvalue weighted by molar-refractivity contribution is -0.354. The Hall–Kier alpha value is -5.83. The summed E-state index contributed by atoms with van der Waals surface area (Å²) in [5, 5.41) is 14.9. The zero-order chi connectivity index (χ0) is 50.4. The largest absolute Gasteiger partial charge is 0.463 e. The van der Waals surface area contributed by atoms with Crippen molar-refractivity contribution in [2.75, 3.05) is 19.8 Å². The smallest absolute Gasteiger partial charge is 0.303 e. The van der Waals surface area contributed by atoms with Crippen LogP contribution in [0, 0.1) is 0 Å². The highest BCUT2D eigenvalue weighted by Crippen LogP contribution is 2.35. The molecule has 2 N–H and O–H groups in total. The van der Waals surface area contributed by atoms with E-state index in [2.05, 4.69) is 5.32 Å². The number of carbonyl (C=O) groups is 9. The number of aliphatic hydroxyl groups is 1. The van der Waals surface area contributed by atoms with Gasteiger partial charge in [0.25, 0.3) is 0 Å². The van der Waals surface area contributed by atoms with E-state index in [-0.39, 0.29) is 6.61 Å². The molecule has 3 saturated heterocycles. The summed E-state index contributed by atoms with van der Waals surface area (Å²) in [5.41, 5.74) is 0.631. The molecule has 0 spiro atoms. The Balaban J connectivity index is 1.81. The number of hydrogen-bond acceptors (Lipinski definition) is 24. The van der Waals surface area contributed by atoms with E-state index < -0.39 is 166 Å². The maximum absolute atomic E-state index is 12.9. The highest BCUT2D eigenvalue weighted by Gasteiger charge is 2.57. The Morgan fingerprint density at radius 1 is 0.471 bits per heavy atom. The van der Waals surface area contributed by atoms with Gasteiger partial charge in [0, 0.05) is 62.3 Å². The molecule has 0 saturated carbocycles. The maximum atomic E-state index is 12.9. The van der Waals surface area contributed by atoms with E-state index in [1.165, 1.54) is 0 Å². The highest BCUT2D eigenvalue weighted by molar-refractivity contribution is 5.73. The van der Waals surface area contributed by atoms with Crippen molar-refractivity contribution in [2.45, 2.75) is 161 Å². The highest BCUT2D eigenvalue weighted by atomic mass is 16.8. The molecule has 0 aromatic heterocycles. The van der Waals surface area contributed by atoms with E-state index in [0.29, 0.717) is 5.56 Å². The van der Waals surface area contributed by atoms with Crippen LogP contribution in [0.25, 0.3) is 0 Å². The van der Waals surface area contributed by atoms with Gasteiger partial charge in [-0.1, -0.05) is 30.3 Å². The van der Waals surface area contributed by atoms with E-state index in [9.17, 15) is 48.3 Å². The summed E-state index contributed by atoms with van der Waals surface area (Å²) in [5.74, 6) is -7.74. The molecule has 0 unspecified atom stereocenters. The molecule has 25 nitrogen and oxygen atoms in total. The predicted octanol–water partition coefficient (Wildman–Crippen LogP) is -0.638. The zero-order valence-electron chi connectivity index (χ0n) is 38.7. The van der Waals surface area contributed by atoms with Crippen LogP contribution < -0.4 is 5.32 Å². The predicted molar refractivity (Wildman–Crippen MR) is 218 cm³/mol. The number of hydrogen-bond donors (Lipinski definition) is 2. The van der Waals surface area contributed by atoms with Crippen LogP contribution in [0.2, 0.25) is 0 Å². The number of aliphatic hydroxyl groups excluding tert-OH is 1. The number of esters is 8. The lowest BCUT2D eigenvalue weighted by Gasteiger charge is -2.49. The standard InChI is InChI=1S/C43H57NO24/c1-19(45)44-32-36(68-43-40(64-27(9)53)38(62-25(7)51)35(60-23(5)49)31(67-43)18-56-21(3)47)33(54)29(65-41(32)57-15-28-13-11-10-12-14-28)16-58-42-39(63-26(8)52)37(61-24(6)50)34(59-22(4)48)30(66-42)17-55-20(2)46/h10-14,29-43,54H,15-18H2,1-9H3,(H,44,45)/t29-,30-,31-,32-,33-,34+,35+,36-,37+,38+,39-,40-,41+,42-,43+/m1/s1. The molecule has 0 radical (unpaired) electrons. The van der Waals surface area contributed by atoms with Gasteiger partial charge in [-0.2, -0.15) is 0 Å². The van der Waals surface area contributed by atoms with Gasteiger partial charge >= 0.3 is 47.8 Å². The summed E-state index contributed by atoms with van der Waals surface area (Å²) in [6.45, 7) is 7.37. The number of carbonyl (C=O) groups excluding carboxylic acids is 9. The van der Waals surface area contributed by atoms with Gasteiger partial charge in [0.15, 0.2) is 55.5 Å². The minimum Gasteiger partial charge on any atom is -0.463 e. The molecule has 1 aromatic rings. The summed E-state index contributed by atoms with van der Waals surface area (Å²) in [6.07, 6.45) is -23.2. The van der Waals surface area contributed by atoms with Crippen LogP contribution in [0.4, 0.5) is 0 Å². The average molecular weight is 972 g/mol. The van der Waals surface area contributed by atoms with E-state index >= 15 is 0 Å². The molecule has 378 valence electrons. The molecule has 15 atom stereocenters. The third-order valence-electron chi connectivity index (χ3n) is 9.91. The first-order valence-corrected chi connectivity index (χ1v) is 21.2. The van der Waals surface area contributed by atoms with Gasteiger partial charge in [0.05, 0.1) is 13.2 Å². The Bertz CT molecular complexity index is 1950. The van der Waals surface area contributed by atoms with E-state index in [1.807, 2.05) is 0 Å². The third kappa shape index (κ3) is 16.2. The normalized spacial score (nSPS) is 31.1. The molecule has 3 aliphatic heterocycles. The van der Waals surface area contributed by atoms with Gasteiger partial charge in [0.2, 0.25) is 5.91 Å². The molecule has 1 amide bonds. The SMILES string of the molecule is CC(=O)N[C@H]1[C@@H](OCc2ccccc2)O[C@H](CO[C@@H]2O[C@H](COC(C)=O)[C@H](OC(C)=O)[C@H](OC(C)=O)[C@H]2OC(C)=O)[C@@H](O)[C@@H]1O[C@@H]1O[C@H](COC(C)=O)[C@H](OC(C)=O)[C@H](OC(C)=O)[C@H]1OC(C)=O. The summed E-state index contributed by atoms with van der Waals surface area (Å²) in [7, 11) is 0. The third-order valence-corrected chi connectivity index (χ3v) is 9.91. The van der Waals surface area contributed by atoms with Crippen LogP contribution >= 0.6 is 0 Å². The van der Waals surface area contributed by atoms with Crippen LogP contribution in [0.15, 0.2) is 30.3 Å². The average Bonchev–Trinajstić information content (AvgIpc) is 3.23. The Labute approximate surface area is 389 Å². The number of rotatable bonds is 19. The van der Waals surface area contributed by atoms with Crippen molar-refractivity contribution in [2.24, 2.45) is 0 Å². The van der Waals surface area contributed by atoms with Crippen molar-refractivity contribution >= 4 is 53.7 Å². The number of ether oxygens (including phenoxy) is 14. The summed E-state index contributed by atoms with van der Waals surface area (Å²) in [4.78, 5) is 111. The zero-order valence-corrected chi connectivity index (χ0v) is 38.7. The first-order chi connectivity index (χ1) is 32.0. The molecule has 3 fully saturated rings. The van der Waals surface area contributed by atoms with Crippen molar-refractivity contribution < 1.29 is 115 Å². The van der Waals surface area contributed by atoms with Crippen molar-refractivity contribution in [1.29, 1.82) is 0 Å².